The molecule has 2 unspecified atom stereocenters. The molecule has 0 aliphatic heterocycles. The Morgan fingerprint density at radius 1 is 1.53 bits per heavy atom. The average molecular weight is 294 g/mol. The number of alkyl halides is 1. The minimum absolute atomic E-state index is 0.0168. The zero-order chi connectivity index (χ0) is 11.6. The van der Waals surface area contributed by atoms with Crippen molar-refractivity contribution in [1.82, 2.24) is 0 Å². The molecule has 1 aromatic carbocycles. The van der Waals surface area contributed by atoms with Crippen molar-refractivity contribution in [2.24, 2.45) is 0 Å². The number of ketones is 1. The lowest BCUT2D eigenvalue weighted by Gasteiger charge is -2.16. The first kappa shape index (κ1) is 12.7. The predicted octanol–water partition coefficient (Wildman–Crippen LogP) is 3.94. The predicted molar refractivity (Wildman–Crippen MR) is 63.2 cm³/mol. The van der Waals surface area contributed by atoms with E-state index in [1.165, 1.54) is 13.0 Å². The number of carbonyl (C=O) groups is 1. The summed E-state index contributed by atoms with van der Waals surface area (Å²) in [5.74, 6) is -0.600. The largest absolute Gasteiger partial charge is 0.299 e. The quantitative estimate of drug-likeness (QED) is 0.772. The van der Waals surface area contributed by atoms with Gasteiger partial charge in [-0.05, 0) is 24.6 Å². The summed E-state index contributed by atoms with van der Waals surface area (Å²) in [6.07, 6.45) is 0. The second-order valence-corrected chi connectivity index (χ2v) is 4.89. The zero-order valence-corrected chi connectivity index (χ0v) is 10.8. The Hall–Kier alpha value is -0.410. The van der Waals surface area contributed by atoms with Crippen LogP contribution in [0.5, 0.6) is 0 Å². The first-order valence-corrected chi connectivity index (χ1v) is 5.82. The van der Waals surface area contributed by atoms with Crippen molar-refractivity contribution in [2.45, 2.75) is 24.6 Å². The molecule has 0 N–H and O–H groups in total. The molecule has 0 aliphatic carbocycles. The van der Waals surface area contributed by atoms with Gasteiger partial charge in [-0.1, -0.05) is 40.5 Å². The molecule has 0 aromatic heterocycles. The summed E-state index contributed by atoms with van der Waals surface area (Å²) in [5.41, 5.74) is 0.497. The van der Waals surface area contributed by atoms with Crippen molar-refractivity contribution in [1.29, 1.82) is 0 Å². The van der Waals surface area contributed by atoms with Crippen LogP contribution in [0.15, 0.2) is 18.2 Å². The number of hydrogen-bond donors (Lipinski definition) is 0. The number of benzene rings is 1. The number of Topliss-reactive ketones (excluding diaryl/α,β-unsaturated/α-hetero) is 1. The molecule has 82 valence electrons. The Balaban J connectivity index is 3.01. The van der Waals surface area contributed by atoms with Crippen LogP contribution >= 0.6 is 27.5 Å². The van der Waals surface area contributed by atoms with Gasteiger partial charge in [0.25, 0.3) is 0 Å². The van der Waals surface area contributed by atoms with Crippen molar-refractivity contribution in [3.63, 3.8) is 0 Å². The molecule has 1 nitrogen and oxygen atoms in total. The van der Waals surface area contributed by atoms with E-state index in [0.29, 0.717) is 10.6 Å². The van der Waals surface area contributed by atoms with Crippen molar-refractivity contribution in [3.05, 3.63) is 34.6 Å². The van der Waals surface area contributed by atoms with Gasteiger partial charge in [0.15, 0.2) is 0 Å². The van der Waals surface area contributed by atoms with E-state index in [2.05, 4.69) is 15.9 Å². The smallest absolute Gasteiger partial charge is 0.144 e. The maximum Gasteiger partial charge on any atom is 0.144 e. The first-order chi connectivity index (χ1) is 6.93. The lowest BCUT2D eigenvalue weighted by atomic mass is 9.95. The van der Waals surface area contributed by atoms with E-state index in [0.717, 1.165) is 0 Å². The summed E-state index contributed by atoms with van der Waals surface area (Å²) in [6.45, 7) is 3.27. The molecule has 1 rings (SSSR count). The minimum atomic E-state index is -0.374. The minimum Gasteiger partial charge on any atom is -0.299 e. The molecule has 0 heterocycles. The second-order valence-electron chi connectivity index (χ2n) is 3.47. The third-order valence-corrected chi connectivity index (χ3v) is 3.95. The fourth-order valence-corrected chi connectivity index (χ4v) is 1.82. The highest BCUT2D eigenvalue weighted by molar-refractivity contribution is 9.10. The lowest BCUT2D eigenvalue weighted by Crippen LogP contribution is -2.18. The monoisotopic (exact) mass is 292 g/mol. The normalized spacial score (nSPS) is 14.7. The fourth-order valence-electron chi connectivity index (χ4n) is 1.38. The van der Waals surface area contributed by atoms with Gasteiger partial charge in [-0.25, -0.2) is 4.39 Å². The molecule has 1 aromatic rings. The highest BCUT2D eigenvalue weighted by Crippen LogP contribution is 2.28. The van der Waals surface area contributed by atoms with Crippen LogP contribution in [0.2, 0.25) is 5.02 Å². The van der Waals surface area contributed by atoms with Crippen LogP contribution in [0.4, 0.5) is 4.39 Å². The van der Waals surface area contributed by atoms with Crippen molar-refractivity contribution < 1.29 is 9.18 Å². The van der Waals surface area contributed by atoms with Gasteiger partial charge in [0.1, 0.15) is 11.6 Å². The molecular weight excluding hydrogens is 282 g/mol. The van der Waals surface area contributed by atoms with Gasteiger partial charge < -0.3 is 0 Å². The van der Waals surface area contributed by atoms with Crippen LogP contribution in [-0.4, -0.2) is 10.6 Å². The number of carbonyl (C=O) groups excluding carboxylic acids is 1. The topological polar surface area (TPSA) is 17.1 Å². The van der Waals surface area contributed by atoms with E-state index in [1.807, 2.05) is 0 Å². The van der Waals surface area contributed by atoms with Crippen LogP contribution in [-0.2, 0) is 4.79 Å². The molecule has 0 aliphatic rings. The maximum absolute atomic E-state index is 13.5. The van der Waals surface area contributed by atoms with Crippen LogP contribution in [0.3, 0.4) is 0 Å². The molecule has 0 radical (unpaired) electrons. The van der Waals surface area contributed by atoms with Crippen LogP contribution in [0.25, 0.3) is 0 Å². The van der Waals surface area contributed by atoms with Gasteiger partial charge in [0.05, 0.1) is 4.83 Å². The second kappa shape index (κ2) is 5.08. The third-order valence-electron chi connectivity index (χ3n) is 2.28. The highest BCUT2D eigenvalue weighted by Gasteiger charge is 2.22. The molecule has 2 atom stereocenters. The van der Waals surface area contributed by atoms with Crippen LogP contribution in [0, 0.1) is 5.82 Å². The van der Waals surface area contributed by atoms with E-state index < -0.39 is 0 Å². The SMILES string of the molecule is CC(=O)C(Br)C(C)c1ccc(Cl)cc1F. The highest BCUT2D eigenvalue weighted by atomic mass is 79.9. The van der Waals surface area contributed by atoms with Crippen molar-refractivity contribution >= 4 is 33.3 Å². The summed E-state index contributed by atoms with van der Waals surface area (Å²) in [4.78, 5) is 10.8. The maximum atomic E-state index is 13.5. The van der Waals surface area contributed by atoms with Gasteiger partial charge in [0, 0.05) is 10.9 Å². The first-order valence-electron chi connectivity index (χ1n) is 4.53. The number of rotatable bonds is 3. The summed E-state index contributed by atoms with van der Waals surface area (Å²) in [7, 11) is 0. The van der Waals surface area contributed by atoms with Gasteiger partial charge in [-0.2, -0.15) is 0 Å². The van der Waals surface area contributed by atoms with Gasteiger partial charge in [-0.15, -0.1) is 0 Å². The Bertz CT molecular complexity index is 381. The number of halogens is 3. The van der Waals surface area contributed by atoms with E-state index >= 15 is 0 Å². The van der Waals surface area contributed by atoms with Crippen LogP contribution < -0.4 is 0 Å². The summed E-state index contributed by atoms with van der Waals surface area (Å²) >= 11 is 8.89. The third kappa shape index (κ3) is 3.02. The average Bonchev–Trinajstić information content (AvgIpc) is 2.15. The van der Waals surface area contributed by atoms with E-state index in [9.17, 15) is 9.18 Å². The molecular formula is C11H11BrClFO. The zero-order valence-electron chi connectivity index (χ0n) is 8.43. The van der Waals surface area contributed by atoms with Crippen LogP contribution in [0.1, 0.15) is 25.3 Å². The van der Waals surface area contributed by atoms with E-state index in [1.54, 1.807) is 19.1 Å². The lowest BCUT2D eigenvalue weighted by molar-refractivity contribution is -0.116. The molecule has 0 amide bonds. The molecule has 0 fully saturated rings. The number of hydrogen-bond acceptors (Lipinski definition) is 1. The Labute approximate surface area is 102 Å². The Morgan fingerprint density at radius 3 is 2.60 bits per heavy atom. The molecule has 0 bridgehead atoms. The molecule has 0 saturated heterocycles. The summed E-state index contributed by atoms with van der Waals surface area (Å²) in [6, 6.07) is 4.49. The van der Waals surface area contributed by atoms with Gasteiger partial charge in [-0.3, -0.25) is 4.79 Å². The fraction of sp³-hybridized carbons (Fsp3) is 0.364. The Kier molecular flexibility index (Phi) is 4.29. The van der Waals surface area contributed by atoms with Gasteiger partial charge >= 0.3 is 0 Å². The summed E-state index contributed by atoms with van der Waals surface area (Å²) < 4.78 is 13.5. The van der Waals surface area contributed by atoms with Gasteiger partial charge in [0.2, 0.25) is 0 Å². The summed E-state index contributed by atoms with van der Waals surface area (Å²) in [5, 5.41) is 0.359. The van der Waals surface area contributed by atoms with Crippen molar-refractivity contribution in [2.75, 3.05) is 0 Å². The van der Waals surface area contributed by atoms with Crippen molar-refractivity contribution in [3.8, 4) is 0 Å². The molecule has 15 heavy (non-hydrogen) atoms. The Morgan fingerprint density at radius 2 is 2.13 bits per heavy atom. The molecule has 4 heteroatoms. The van der Waals surface area contributed by atoms with E-state index in [-0.39, 0.29) is 22.3 Å². The molecule has 0 spiro atoms. The standard InChI is InChI=1S/C11H11BrClFO/c1-6(11(12)7(2)15)9-4-3-8(13)5-10(9)14/h3-6,11H,1-2H3. The van der Waals surface area contributed by atoms with E-state index in [4.69, 9.17) is 11.6 Å². The molecule has 0 saturated carbocycles.